The van der Waals surface area contributed by atoms with E-state index in [-0.39, 0.29) is 23.9 Å². The fraction of sp³-hybridized carbons (Fsp3) is 0.444. The van der Waals surface area contributed by atoms with E-state index in [9.17, 15) is 9.18 Å². The second-order valence-corrected chi connectivity index (χ2v) is 6.04. The normalized spacial score (nSPS) is 20.7. The van der Waals surface area contributed by atoms with Crippen LogP contribution >= 0.6 is 0 Å². The number of hydrogen-bond acceptors (Lipinski definition) is 4. The summed E-state index contributed by atoms with van der Waals surface area (Å²) in [7, 11) is 1.62. The van der Waals surface area contributed by atoms with Gasteiger partial charge in [0.05, 0.1) is 25.8 Å². The minimum Gasteiger partial charge on any atom is -0.383 e. The molecule has 1 aromatic heterocycles. The van der Waals surface area contributed by atoms with Gasteiger partial charge in [0.2, 0.25) is 0 Å². The molecule has 25 heavy (non-hydrogen) atoms. The van der Waals surface area contributed by atoms with E-state index in [4.69, 9.17) is 9.47 Å². The topological polar surface area (TPSA) is 56.6 Å². The van der Waals surface area contributed by atoms with Gasteiger partial charge in [-0.2, -0.15) is 5.10 Å². The lowest BCUT2D eigenvalue weighted by Crippen LogP contribution is -2.48. The number of aromatic nitrogens is 2. The van der Waals surface area contributed by atoms with Crippen LogP contribution in [-0.2, 0) is 16.0 Å². The third kappa shape index (κ3) is 3.88. The van der Waals surface area contributed by atoms with Gasteiger partial charge in [-0.25, -0.2) is 4.39 Å². The summed E-state index contributed by atoms with van der Waals surface area (Å²) in [6, 6.07) is 7.81. The van der Waals surface area contributed by atoms with E-state index < -0.39 is 0 Å². The van der Waals surface area contributed by atoms with E-state index in [0.29, 0.717) is 32.0 Å². The summed E-state index contributed by atoms with van der Waals surface area (Å²) in [6.07, 6.45) is 1.41. The van der Waals surface area contributed by atoms with Crippen molar-refractivity contribution >= 4 is 5.91 Å². The largest absolute Gasteiger partial charge is 0.383 e. The van der Waals surface area contributed by atoms with Gasteiger partial charge < -0.3 is 14.4 Å². The molecule has 0 N–H and O–H groups in total. The Morgan fingerprint density at radius 3 is 3.04 bits per heavy atom. The monoisotopic (exact) mass is 347 g/mol. The van der Waals surface area contributed by atoms with E-state index in [1.54, 1.807) is 35.0 Å². The Morgan fingerprint density at radius 2 is 2.28 bits per heavy atom. The molecule has 2 aromatic rings. The van der Waals surface area contributed by atoms with Crippen molar-refractivity contribution in [2.75, 3.05) is 26.9 Å². The highest BCUT2D eigenvalue weighted by molar-refractivity contribution is 5.92. The van der Waals surface area contributed by atoms with Gasteiger partial charge in [0.15, 0.2) is 0 Å². The molecule has 0 aliphatic carbocycles. The van der Waals surface area contributed by atoms with Crippen molar-refractivity contribution in [1.29, 1.82) is 0 Å². The van der Waals surface area contributed by atoms with Crippen LogP contribution in [0.3, 0.4) is 0 Å². The molecule has 134 valence electrons. The number of hydrogen-bond donors (Lipinski definition) is 0. The Kier molecular flexibility index (Phi) is 5.45. The maximum absolute atomic E-state index is 13.5. The lowest BCUT2D eigenvalue weighted by atomic mass is 10.00. The van der Waals surface area contributed by atoms with Crippen LogP contribution in [0.25, 0.3) is 0 Å². The number of benzene rings is 1. The predicted molar refractivity (Wildman–Crippen MR) is 89.7 cm³/mol. The molecule has 2 atom stereocenters. The molecular formula is C18H22FN3O3. The van der Waals surface area contributed by atoms with Crippen molar-refractivity contribution in [1.82, 2.24) is 14.7 Å². The maximum atomic E-state index is 13.5. The second kappa shape index (κ2) is 7.76. The van der Waals surface area contributed by atoms with Crippen LogP contribution in [0.4, 0.5) is 4.39 Å². The summed E-state index contributed by atoms with van der Waals surface area (Å²) < 4.78 is 26.0. The van der Waals surface area contributed by atoms with Crippen molar-refractivity contribution in [3.8, 4) is 0 Å². The summed E-state index contributed by atoms with van der Waals surface area (Å²) in [5.74, 6) is -0.456. The standard InChI is InChI=1S/C18H22FN3O3/c1-13-17(14-4-3-5-15(19)12-14)25-11-9-22(13)18(23)16-6-7-21(20-16)8-10-24-2/h3-7,12-13,17H,8-11H2,1-2H3/t13-,17+/m1/s1. The Hall–Kier alpha value is -2.25. The number of rotatable bonds is 5. The molecule has 1 fully saturated rings. The van der Waals surface area contributed by atoms with Crippen LogP contribution < -0.4 is 0 Å². The number of carbonyl (C=O) groups is 1. The lowest BCUT2D eigenvalue weighted by Gasteiger charge is -2.39. The van der Waals surface area contributed by atoms with Crippen LogP contribution in [0, 0.1) is 5.82 Å². The molecule has 0 radical (unpaired) electrons. The molecule has 1 amide bonds. The van der Waals surface area contributed by atoms with Gasteiger partial charge in [-0.05, 0) is 30.7 Å². The molecule has 3 rings (SSSR count). The average molecular weight is 347 g/mol. The van der Waals surface area contributed by atoms with Crippen molar-refractivity contribution in [2.24, 2.45) is 0 Å². The van der Waals surface area contributed by atoms with Crippen molar-refractivity contribution in [3.63, 3.8) is 0 Å². The molecule has 0 unspecified atom stereocenters. The van der Waals surface area contributed by atoms with E-state index in [1.165, 1.54) is 12.1 Å². The zero-order chi connectivity index (χ0) is 17.8. The van der Waals surface area contributed by atoms with Gasteiger partial charge in [0.25, 0.3) is 5.91 Å². The highest BCUT2D eigenvalue weighted by Gasteiger charge is 2.34. The Bertz CT molecular complexity index is 734. The number of methoxy groups -OCH3 is 1. The molecule has 0 bridgehead atoms. The highest BCUT2D eigenvalue weighted by Crippen LogP contribution is 2.29. The van der Waals surface area contributed by atoms with Gasteiger partial charge in [0.1, 0.15) is 17.6 Å². The van der Waals surface area contributed by atoms with Crippen molar-refractivity contribution in [2.45, 2.75) is 25.6 Å². The molecule has 1 aliphatic heterocycles. The smallest absolute Gasteiger partial charge is 0.274 e. The number of carbonyl (C=O) groups excluding carboxylic acids is 1. The van der Waals surface area contributed by atoms with Crippen LogP contribution in [0.2, 0.25) is 0 Å². The lowest BCUT2D eigenvalue weighted by molar-refractivity contribution is -0.0554. The average Bonchev–Trinajstić information content (AvgIpc) is 3.08. The molecule has 0 saturated carbocycles. The number of amides is 1. The van der Waals surface area contributed by atoms with Crippen LogP contribution in [0.5, 0.6) is 0 Å². The first-order chi connectivity index (χ1) is 12.1. The van der Waals surface area contributed by atoms with E-state index in [2.05, 4.69) is 5.10 Å². The summed E-state index contributed by atoms with van der Waals surface area (Å²) in [6.45, 7) is 3.92. The first-order valence-electron chi connectivity index (χ1n) is 8.30. The quantitative estimate of drug-likeness (QED) is 0.833. The SMILES string of the molecule is COCCn1ccc(C(=O)N2CCO[C@H](c3cccc(F)c3)[C@H]2C)n1. The Morgan fingerprint density at radius 1 is 1.44 bits per heavy atom. The Balaban J connectivity index is 1.75. The molecule has 1 saturated heterocycles. The number of ether oxygens (including phenoxy) is 2. The van der Waals surface area contributed by atoms with Gasteiger partial charge in [-0.1, -0.05) is 12.1 Å². The third-order valence-electron chi connectivity index (χ3n) is 4.38. The summed E-state index contributed by atoms with van der Waals surface area (Å²) >= 11 is 0. The van der Waals surface area contributed by atoms with Crippen molar-refractivity contribution < 1.29 is 18.7 Å². The highest BCUT2D eigenvalue weighted by atomic mass is 19.1. The minimum absolute atomic E-state index is 0.145. The summed E-state index contributed by atoms with van der Waals surface area (Å²) in [4.78, 5) is 14.6. The van der Waals surface area contributed by atoms with Gasteiger partial charge in [0, 0.05) is 19.9 Å². The van der Waals surface area contributed by atoms with E-state index >= 15 is 0 Å². The van der Waals surface area contributed by atoms with E-state index in [1.807, 2.05) is 13.0 Å². The second-order valence-electron chi connectivity index (χ2n) is 6.04. The van der Waals surface area contributed by atoms with Crippen LogP contribution in [0.1, 0.15) is 29.1 Å². The summed E-state index contributed by atoms with van der Waals surface area (Å²) in [5, 5.41) is 4.31. The first-order valence-corrected chi connectivity index (χ1v) is 8.30. The van der Waals surface area contributed by atoms with Gasteiger partial charge in [-0.15, -0.1) is 0 Å². The zero-order valence-corrected chi connectivity index (χ0v) is 14.4. The predicted octanol–water partition coefficient (Wildman–Crippen LogP) is 2.27. The fourth-order valence-electron chi connectivity index (χ4n) is 3.06. The van der Waals surface area contributed by atoms with E-state index in [0.717, 1.165) is 5.56 Å². The zero-order valence-electron chi connectivity index (χ0n) is 14.4. The number of nitrogens with zero attached hydrogens (tertiary/aromatic N) is 3. The van der Waals surface area contributed by atoms with Crippen molar-refractivity contribution in [3.05, 3.63) is 53.6 Å². The first kappa shape index (κ1) is 17.6. The third-order valence-corrected chi connectivity index (χ3v) is 4.38. The molecule has 0 spiro atoms. The molecule has 2 heterocycles. The summed E-state index contributed by atoms with van der Waals surface area (Å²) in [5.41, 5.74) is 1.12. The molecule has 7 heteroatoms. The van der Waals surface area contributed by atoms with Gasteiger partial charge >= 0.3 is 0 Å². The molecule has 1 aliphatic rings. The molecular weight excluding hydrogens is 325 g/mol. The fourth-order valence-corrected chi connectivity index (χ4v) is 3.06. The van der Waals surface area contributed by atoms with Crippen LogP contribution in [-0.4, -0.2) is 53.5 Å². The molecule has 6 nitrogen and oxygen atoms in total. The minimum atomic E-state index is -0.357. The van der Waals surface area contributed by atoms with Crippen LogP contribution in [0.15, 0.2) is 36.5 Å². The molecule has 1 aromatic carbocycles. The number of morpholine rings is 1. The Labute approximate surface area is 146 Å². The van der Waals surface area contributed by atoms with Gasteiger partial charge in [-0.3, -0.25) is 9.48 Å². The maximum Gasteiger partial charge on any atom is 0.274 e. The number of halogens is 1.